The van der Waals surface area contributed by atoms with E-state index in [-0.39, 0.29) is 0 Å². The van der Waals surface area contributed by atoms with Gasteiger partial charge in [0.15, 0.2) is 0 Å². The molecule has 1 heteroatoms. The highest BCUT2D eigenvalue weighted by molar-refractivity contribution is 4.86. The summed E-state index contributed by atoms with van der Waals surface area (Å²) in [6, 6.07) is 0.820. The molecule has 2 aliphatic carbocycles. The van der Waals surface area contributed by atoms with Crippen LogP contribution < -0.4 is 5.32 Å². The van der Waals surface area contributed by atoms with Crippen molar-refractivity contribution in [2.45, 2.75) is 64.8 Å². The Morgan fingerprint density at radius 2 is 1.50 bits per heavy atom. The van der Waals surface area contributed by atoms with Gasteiger partial charge in [-0.25, -0.2) is 0 Å². The molecule has 0 amide bonds. The summed E-state index contributed by atoms with van der Waals surface area (Å²) in [5.41, 5.74) is 0. The highest BCUT2D eigenvalue weighted by atomic mass is 14.9. The van der Waals surface area contributed by atoms with Gasteiger partial charge in [0.2, 0.25) is 0 Å². The fourth-order valence-electron chi connectivity index (χ4n) is 3.47. The molecule has 0 spiro atoms. The smallest absolute Gasteiger partial charge is 0.00949 e. The van der Waals surface area contributed by atoms with Gasteiger partial charge in [-0.15, -0.1) is 0 Å². The Kier molecular flexibility index (Phi) is 4.29. The minimum absolute atomic E-state index is 0.820. The number of hydrogen-bond donors (Lipinski definition) is 1. The van der Waals surface area contributed by atoms with Crippen LogP contribution in [0.1, 0.15) is 58.8 Å². The zero-order valence-corrected chi connectivity index (χ0v) is 11.3. The summed E-state index contributed by atoms with van der Waals surface area (Å²) in [6.07, 6.45) is 10.4. The molecule has 0 radical (unpaired) electrons. The Balaban J connectivity index is 1.77. The van der Waals surface area contributed by atoms with Gasteiger partial charge in [0.1, 0.15) is 0 Å². The van der Waals surface area contributed by atoms with Gasteiger partial charge >= 0.3 is 0 Å². The van der Waals surface area contributed by atoms with Crippen molar-refractivity contribution in [2.75, 3.05) is 7.05 Å². The second-order valence-electron chi connectivity index (χ2n) is 6.49. The third kappa shape index (κ3) is 3.23. The van der Waals surface area contributed by atoms with Crippen LogP contribution in [0.15, 0.2) is 0 Å². The molecule has 0 heterocycles. The minimum atomic E-state index is 0.820. The lowest BCUT2D eigenvalue weighted by Gasteiger charge is -2.35. The van der Waals surface area contributed by atoms with Gasteiger partial charge in [0.05, 0.1) is 0 Å². The van der Waals surface area contributed by atoms with Crippen molar-refractivity contribution >= 4 is 0 Å². The largest absolute Gasteiger partial charge is 0.317 e. The van der Waals surface area contributed by atoms with E-state index in [9.17, 15) is 0 Å². The average Bonchev–Trinajstić information content (AvgIpc) is 3.10. The molecule has 0 aliphatic heterocycles. The van der Waals surface area contributed by atoms with E-state index in [2.05, 4.69) is 26.2 Å². The highest BCUT2D eigenvalue weighted by Gasteiger charge is 2.32. The van der Waals surface area contributed by atoms with Crippen LogP contribution in [0.4, 0.5) is 0 Å². The Morgan fingerprint density at radius 1 is 0.938 bits per heavy atom. The number of rotatable bonds is 5. The van der Waals surface area contributed by atoms with Gasteiger partial charge in [-0.1, -0.05) is 26.7 Å². The van der Waals surface area contributed by atoms with Crippen LogP contribution in [0.3, 0.4) is 0 Å². The van der Waals surface area contributed by atoms with Crippen molar-refractivity contribution in [3.05, 3.63) is 0 Å². The molecule has 0 saturated heterocycles. The molecule has 0 aromatic heterocycles. The van der Waals surface area contributed by atoms with E-state index in [1.54, 1.807) is 0 Å². The first-order chi connectivity index (χ1) is 7.70. The predicted molar refractivity (Wildman–Crippen MR) is 70.5 cm³/mol. The number of nitrogens with one attached hydrogen (secondary N) is 1. The zero-order chi connectivity index (χ0) is 11.5. The molecule has 94 valence electrons. The fraction of sp³-hybridized carbons (Fsp3) is 1.00. The number of hydrogen-bond acceptors (Lipinski definition) is 1. The lowest BCUT2D eigenvalue weighted by molar-refractivity contribution is 0.185. The first kappa shape index (κ1) is 12.4. The topological polar surface area (TPSA) is 12.0 Å². The van der Waals surface area contributed by atoms with Crippen LogP contribution in [0.2, 0.25) is 0 Å². The monoisotopic (exact) mass is 223 g/mol. The van der Waals surface area contributed by atoms with Crippen molar-refractivity contribution in [3.8, 4) is 0 Å². The lowest BCUT2D eigenvalue weighted by atomic mass is 9.74. The molecule has 0 aromatic rings. The van der Waals surface area contributed by atoms with Crippen molar-refractivity contribution < 1.29 is 0 Å². The molecule has 1 N–H and O–H groups in total. The normalized spacial score (nSPS) is 33.0. The zero-order valence-electron chi connectivity index (χ0n) is 11.3. The summed E-state index contributed by atoms with van der Waals surface area (Å²) >= 11 is 0. The summed E-state index contributed by atoms with van der Waals surface area (Å²) in [6.45, 7) is 4.79. The van der Waals surface area contributed by atoms with Crippen molar-refractivity contribution in [1.29, 1.82) is 0 Å². The maximum absolute atomic E-state index is 3.59. The van der Waals surface area contributed by atoms with E-state index in [0.29, 0.717) is 0 Å². The molecule has 0 bridgehead atoms. The second kappa shape index (κ2) is 5.53. The van der Waals surface area contributed by atoms with E-state index in [1.165, 1.54) is 44.9 Å². The molecule has 2 saturated carbocycles. The molecular weight excluding hydrogens is 194 g/mol. The molecule has 0 aromatic carbocycles. The van der Waals surface area contributed by atoms with E-state index in [4.69, 9.17) is 0 Å². The summed E-state index contributed by atoms with van der Waals surface area (Å²) in [5, 5.41) is 3.59. The van der Waals surface area contributed by atoms with Crippen LogP contribution in [-0.4, -0.2) is 13.1 Å². The van der Waals surface area contributed by atoms with Crippen molar-refractivity contribution in [3.63, 3.8) is 0 Å². The summed E-state index contributed by atoms with van der Waals surface area (Å²) in [5.74, 6) is 3.95. The Labute approximate surface area is 101 Å². The van der Waals surface area contributed by atoms with Gasteiger partial charge in [0, 0.05) is 6.04 Å². The SMILES string of the molecule is CNC(CC1CC1)C1CCC(C(C)C)CC1. The molecule has 1 atom stereocenters. The van der Waals surface area contributed by atoms with Gasteiger partial charge in [0.25, 0.3) is 0 Å². The van der Waals surface area contributed by atoms with Crippen LogP contribution in [0.5, 0.6) is 0 Å². The second-order valence-corrected chi connectivity index (χ2v) is 6.49. The van der Waals surface area contributed by atoms with Gasteiger partial charge in [-0.2, -0.15) is 0 Å². The van der Waals surface area contributed by atoms with Crippen molar-refractivity contribution in [2.24, 2.45) is 23.7 Å². The van der Waals surface area contributed by atoms with Crippen LogP contribution >= 0.6 is 0 Å². The summed E-state index contributed by atoms with van der Waals surface area (Å²) in [4.78, 5) is 0. The van der Waals surface area contributed by atoms with Gasteiger partial charge in [-0.05, 0) is 62.8 Å². The Bertz CT molecular complexity index is 199. The Morgan fingerprint density at radius 3 is 1.94 bits per heavy atom. The average molecular weight is 223 g/mol. The van der Waals surface area contributed by atoms with E-state index < -0.39 is 0 Å². The standard InChI is InChI=1S/C15H29N/c1-11(2)13-6-8-14(9-7-13)15(16-3)10-12-4-5-12/h11-16H,4-10H2,1-3H3. The van der Waals surface area contributed by atoms with Crippen LogP contribution in [-0.2, 0) is 0 Å². The summed E-state index contributed by atoms with van der Waals surface area (Å²) in [7, 11) is 2.17. The molecule has 1 unspecified atom stereocenters. The van der Waals surface area contributed by atoms with Crippen molar-refractivity contribution in [1.82, 2.24) is 5.32 Å². The molecule has 16 heavy (non-hydrogen) atoms. The lowest BCUT2D eigenvalue weighted by Crippen LogP contribution is -2.36. The first-order valence-corrected chi connectivity index (χ1v) is 7.38. The molecule has 2 rings (SSSR count). The van der Waals surface area contributed by atoms with E-state index >= 15 is 0 Å². The van der Waals surface area contributed by atoms with E-state index in [1.807, 2.05) is 0 Å². The van der Waals surface area contributed by atoms with Crippen LogP contribution in [0, 0.1) is 23.7 Å². The minimum Gasteiger partial charge on any atom is -0.317 e. The molecule has 2 fully saturated rings. The fourth-order valence-corrected chi connectivity index (χ4v) is 3.47. The third-order valence-corrected chi connectivity index (χ3v) is 4.98. The quantitative estimate of drug-likeness (QED) is 0.747. The highest BCUT2D eigenvalue weighted by Crippen LogP contribution is 2.40. The van der Waals surface area contributed by atoms with Gasteiger partial charge in [-0.3, -0.25) is 0 Å². The Hall–Kier alpha value is -0.0400. The maximum Gasteiger partial charge on any atom is 0.00949 e. The maximum atomic E-state index is 3.59. The van der Waals surface area contributed by atoms with E-state index in [0.717, 1.165) is 29.7 Å². The summed E-state index contributed by atoms with van der Waals surface area (Å²) < 4.78 is 0. The molecule has 1 nitrogen and oxygen atoms in total. The third-order valence-electron chi connectivity index (χ3n) is 4.98. The first-order valence-electron chi connectivity index (χ1n) is 7.38. The molecule has 2 aliphatic rings. The van der Waals surface area contributed by atoms with Crippen LogP contribution in [0.25, 0.3) is 0 Å². The van der Waals surface area contributed by atoms with Gasteiger partial charge < -0.3 is 5.32 Å². The molecular formula is C15H29N. The predicted octanol–water partition coefficient (Wildman–Crippen LogP) is 3.84.